The van der Waals surface area contributed by atoms with Crippen molar-refractivity contribution in [2.45, 2.75) is 50.0 Å². The first-order chi connectivity index (χ1) is 13.4. The molecule has 2 aromatic rings. The largest absolute Gasteiger partial charge is 0.490 e. The highest BCUT2D eigenvalue weighted by Gasteiger charge is 2.23. The molecular formula is C21H25NO5S. The third-order valence-corrected chi connectivity index (χ3v) is 6.14. The highest BCUT2D eigenvalue weighted by molar-refractivity contribution is 7.88. The maximum Gasteiger partial charge on any atom is 0.305 e. The van der Waals surface area contributed by atoms with Crippen LogP contribution in [-0.2, 0) is 20.6 Å². The van der Waals surface area contributed by atoms with E-state index in [2.05, 4.69) is 4.72 Å². The van der Waals surface area contributed by atoms with Crippen LogP contribution in [0.15, 0.2) is 54.6 Å². The van der Waals surface area contributed by atoms with Gasteiger partial charge in [-0.05, 0) is 48.9 Å². The minimum Gasteiger partial charge on any atom is -0.490 e. The Labute approximate surface area is 165 Å². The van der Waals surface area contributed by atoms with Gasteiger partial charge in [-0.2, -0.15) is 0 Å². The van der Waals surface area contributed by atoms with Crippen LogP contribution in [0.3, 0.4) is 0 Å². The molecule has 7 heteroatoms. The molecule has 28 heavy (non-hydrogen) atoms. The quantitative estimate of drug-likeness (QED) is 0.667. The van der Waals surface area contributed by atoms with Crippen molar-refractivity contribution in [3.05, 3.63) is 65.7 Å². The zero-order chi connectivity index (χ0) is 20.0. The van der Waals surface area contributed by atoms with E-state index in [0.29, 0.717) is 11.1 Å². The van der Waals surface area contributed by atoms with Crippen molar-refractivity contribution in [2.75, 3.05) is 0 Å². The van der Waals surface area contributed by atoms with E-state index in [9.17, 15) is 18.3 Å². The van der Waals surface area contributed by atoms with Crippen LogP contribution in [-0.4, -0.2) is 25.6 Å². The van der Waals surface area contributed by atoms with Crippen LogP contribution in [0.25, 0.3) is 0 Å². The fourth-order valence-electron chi connectivity index (χ4n) is 3.43. The second-order valence-electron chi connectivity index (χ2n) is 7.11. The molecule has 3 rings (SSSR count). The van der Waals surface area contributed by atoms with Crippen molar-refractivity contribution in [2.24, 2.45) is 0 Å². The molecule has 1 aliphatic rings. The predicted octanol–water partition coefficient (Wildman–Crippen LogP) is 3.64. The van der Waals surface area contributed by atoms with Crippen molar-refractivity contribution in [3.63, 3.8) is 0 Å². The van der Waals surface area contributed by atoms with Crippen LogP contribution in [0.5, 0.6) is 5.75 Å². The summed E-state index contributed by atoms with van der Waals surface area (Å²) in [7, 11) is -3.70. The number of carbonyl (C=O) groups is 1. The van der Waals surface area contributed by atoms with Crippen LogP contribution < -0.4 is 9.46 Å². The van der Waals surface area contributed by atoms with E-state index in [1.54, 1.807) is 48.5 Å². The number of hydrogen-bond donors (Lipinski definition) is 2. The molecule has 1 fully saturated rings. The molecule has 0 unspecified atom stereocenters. The number of carboxylic acid groups (broad SMARTS) is 1. The van der Waals surface area contributed by atoms with Crippen LogP contribution in [0.2, 0.25) is 0 Å². The van der Waals surface area contributed by atoms with Crippen LogP contribution in [0.1, 0.15) is 49.3 Å². The maximum atomic E-state index is 12.5. The molecule has 0 saturated heterocycles. The van der Waals surface area contributed by atoms with Crippen molar-refractivity contribution < 1.29 is 23.1 Å². The molecule has 0 amide bonds. The smallest absolute Gasteiger partial charge is 0.305 e. The van der Waals surface area contributed by atoms with E-state index in [4.69, 9.17) is 4.74 Å². The van der Waals surface area contributed by atoms with Gasteiger partial charge >= 0.3 is 5.97 Å². The summed E-state index contributed by atoms with van der Waals surface area (Å²) >= 11 is 0. The Morgan fingerprint density at radius 2 is 1.71 bits per heavy atom. The minimum atomic E-state index is -3.70. The Hall–Kier alpha value is -2.38. The molecule has 0 aromatic heterocycles. The van der Waals surface area contributed by atoms with Gasteiger partial charge in [-0.3, -0.25) is 4.79 Å². The number of aliphatic carboxylic acids is 1. The summed E-state index contributed by atoms with van der Waals surface area (Å²) in [5, 5.41) is 9.22. The number of sulfonamides is 1. The normalized spacial score (nSPS) is 16.0. The lowest BCUT2D eigenvalue weighted by atomic mass is 10.0. The Morgan fingerprint density at radius 3 is 2.32 bits per heavy atom. The van der Waals surface area contributed by atoms with Gasteiger partial charge in [-0.1, -0.05) is 42.5 Å². The van der Waals surface area contributed by atoms with E-state index < -0.39 is 22.0 Å². The van der Waals surface area contributed by atoms with E-state index in [-0.39, 0.29) is 18.3 Å². The molecule has 1 atom stereocenters. The average molecular weight is 404 g/mol. The van der Waals surface area contributed by atoms with Crippen molar-refractivity contribution in [3.8, 4) is 5.75 Å². The monoisotopic (exact) mass is 403 g/mol. The van der Waals surface area contributed by atoms with E-state index >= 15 is 0 Å². The number of ether oxygens (including phenoxy) is 1. The molecule has 0 spiro atoms. The first-order valence-corrected chi connectivity index (χ1v) is 11.1. The highest BCUT2D eigenvalue weighted by Crippen LogP contribution is 2.26. The topological polar surface area (TPSA) is 92.7 Å². The Morgan fingerprint density at radius 1 is 1.07 bits per heavy atom. The van der Waals surface area contributed by atoms with Gasteiger partial charge in [0.2, 0.25) is 10.0 Å². The van der Waals surface area contributed by atoms with Gasteiger partial charge in [0.25, 0.3) is 0 Å². The lowest BCUT2D eigenvalue weighted by Crippen LogP contribution is -2.31. The summed E-state index contributed by atoms with van der Waals surface area (Å²) in [6, 6.07) is 14.9. The number of rotatable bonds is 9. The second kappa shape index (κ2) is 9.21. The molecular weight excluding hydrogens is 378 g/mol. The second-order valence-corrected chi connectivity index (χ2v) is 8.86. The lowest BCUT2D eigenvalue weighted by molar-refractivity contribution is -0.137. The van der Waals surface area contributed by atoms with Gasteiger partial charge in [0.1, 0.15) is 5.75 Å². The third-order valence-electron chi connectivity index (χ3n) is 4.79. The molecule has 0 aliphatic heterocycles. The van der Waals surface area contributed by atoms with Crippen LogP contribution in [0.4, 0.5) is 0 Å². The first kappa shape index (κ1) is 20.4. The Bertz CT molecular complexity index is 875. The zero-order valence-electron chi connectivity index (χ0n) is 15.6. The maximum absolute atomic E-state index is 12.5. The van der Waals surface area contributed by atoms with Crippen LogP contribution in [0, 0.1) is 0 Å². The van der Waals surface area contributed by atoms with Crippen LogP contribution >= 0.6 is 0 Å². The summed E-state index contributed by atoms with van der Waals surface area (Å²) in [5.41, 5.74) is 1.24. The van der Waals surface area contributed by atoms with Gasteiger partial charge in [0.05, 0.1) is 24.3 Å². The van der Waals surface area contributed by atoms with Gasteiger partial charge in [-0.15, -0.1) is 0 Å². The molecule has 0 heterocycles. The van der Waals surface area contributed by atoms with Gasteiger partial charge in [-0.25, -0.2) is 13.1 Å². The van der Waals surface area contributed by atoms with E-state index in [0.717, 1.165) is 18.6 Å². The van der Waals surface area contributed by atoms with Gasteiger partial charge in [0.15, 0.2) is 0 Å². The fourth-order valence-corrected chi connectivity index (χ4v) is 4.80. The fraction of sp³-hybridized carbons (Fsp3) is 0.381. The average Bonchev–Trinajstić information content (AvgIpc) is 3.15. The predicted molar refractivity (Wildman–Crippen MR) is 107 cm³/mol. The third kappa shape index (κ3) is 6.07. The highest BCUT2D eigenvalue weighted by atomic mass is 32.2. The molecule has 6 nitrogen and oxygen atoms in total. The Kier molecular flexibility index (Phi) is 6.70. The van der Waals surface area contributed by atoms with E-state index in [1.165, 1.54) is 12.8 Å². The van der Waals surface area contributed by atoms with Crippen molar-refractivity contribution in [1.82, 2.24) is 4.72 Å². The molecule has 1 aliphatic carbocycles. The zero-order valence-corrected chi connectivity index (χ0v) is 16.4. The molecule has 1 saturated carbocycles. The lowest BCUT2D eigenvalue weighted by Gasteiger charge is -2.19. The van der Waals surface area contributed by atoms with Crippen molar-refractivity contribution in [1.29, 1.82) is 0 Å². The summed E-state index contributed by atoms with van der Waals surface area (Å²) in [6.07, 6.45) is 4.33. The van der Waals surface area contributed by atoms with Gasteiger partial charge < -0.3 is 9.84 Å². The number of hydrogen-bond acceptors (Lipinski definition) is 4. The molecule has 150 valence electrons. The summed E-state index contributed by atoms with van der Waals surface area (Å²) < 4.78 is 33.5. The van der Waals surface area contributed by atoms with Gasteiger partial charge in [0, 0.05) is 0 Å². The van der Waals surface area contributed by atoms with Crippen molar-refractivity contribution >= 4 is 16.0 Å². The van der Waals surface area contributed by atoms with E-state index in [1.807, 2.05) is 6.07 Å². The number of nitrogens with one attached hydrogen (secondary N) is 1. The summed E-state index contributed by atoms with van der Waals surface area (Å²) in [5.74, 6) is -0.553. The molecule has 2 aromatic carbocycles. The molecule has 0 radical (unpaired) electrons. The standard InChI is InChI=1S/C21H25NO5S/c23-21(24)14-20(22-28(25,26)15-16-6-2-1-3-7-16)17-10-12-19(13-11-17)27-18-8-4-5-9-18/h1-3,6-7,10-13,18,20,22H,4-5,8-9,14-15H2,(H,23,24)/t20-/m0/s1. The summed E-state index contributed by atoms with van der Waals surface area (Å²) in [6.45, 7) is 0. The summed E-state index contributed by atoms with van der Waals surface area (Å²) in [4.78, 5) is 11.3. The first-order valence-electron chi connectivity index (χ1n) is 9.43. The Balaban J connectivity index is 1.71. The molecule has 0 bridgehead atoms. The SMILES string of the molecule is O=C(O)C[C@H](NS(=O)(=O)Cc1ccccc1)c1ccc(OC2CCCC2)cc1. The minimum absolute atomic E-state index is 0.202. The number of benzene rings is 2. The molecule has 2 N–H and O–H groups in total. The number of carboxylic acids is 1.